The molecule has 0 spiro atoms. The highest BCUT2D eigenvalue weighted by molar-refractivity contribution is 5.82. The molecule has 0 saturated heterocycles. The maximum atomic E-state index is 14.0. The number of H-pyrrole nitrogens is 1. The van der Waals surface area contributed by atoms with E-state index in [-0.39, 0.29) is 27.8 Å². The van der Waals surface area contributed by atoms with E-state index in [9.17, 15) is 9.18 Å². The van der Waals surface area contributed by atoms with Crippen molar-refractivity contribution < 1.29 is 13.9 Å². The molecular weight excluding hydrogens is 237 g/mol. The fraction of sp³-hybridized carbons (Fsp3) is 0.154. The molecule has 1 aromatic carbocycles. The zero-order valence-electron chi connectivity index (χ0n) is 10.0. The van der Waals surface area contributed by atoms with E-state index in [1.165, 1.54) is 32.4 Å². The molecule has 94 valence electrons. The molecule has 1 N–H and O–H groups in total. The van der Waals surface area contributed by atoms with Crippen LogP contribution >= 0.6 is 0 Å². The van der Waals surface area contributed by atoms with Crippen molar-refractivity contribution in [3.63, 3.8) is 0 Å². The lowest BCUT2D eigenvalue weighted by Crippen LogP contribution is -2.07. The van der Waals surface area contributed by atoms with Crippen LogP contribution in [0, 0.1) is 5.82 Å². The molecule has 0 radical (unpaired) electrons. The van der Waals surface area contributed by atoms with Crippen molar-refractivity contribution >= 4 is 16.7 Å². The van der Waals surface area contributed by atoms with Crippen molar-refractivity contribution in [3.8, 4) is 5.75 Å². The maximum absolute atomic E-state index is 14.0. The summed E-state index contributed by atoms with van der Waals surface area (Å²) in [5.74, 6) is -0.285. The zero-order chi connectivity index (χ0) is 13.3. The van der Waals surface area contributed by atoms with E-state index in [1.807, 2.05) is 0 Å². The number of fused-ring (bicyclic) bond motifs is 1. The van der Waals surface area contributed by atoms with Gasteiger partial charge in [0.05, 0.1) is 25.4 Å². The van der Waals surface area contributed by atoms with Gasteiger partial charge in [-0.2, -0.15) is 0 Å². The van der Waals surface area contributed by atoms with Gasteiger partial charge in [-0.05, 0) is 12.1 Å². The Hall–Kier alpha value is -2.30. The number of halogens is 1. The molecule has 0 atom stereocenters. The SMILES string of the molecule is C=C(OC)c1cc(=O)c2ccc(OC)c(F)c2[nH]1. The van der Waals surface area contributed by atoms with E-state index in [4.69, 9.17) is 9.47 Å². The first-order valence-corrected chi connectivity index (χ1v) is 5.21. The second-order valence-electron chi connectivity index (χ2n) is 3.68. The Kier molecular flexibility index (Phi) is 3.06. The first-order valence-electron chi connectivity index (χ1n) is 5.21. The minimum Gasteiger partial charge on any atom is -0.495 e. The Morgan fingerprint density at radius 2 is 2.11 bits per heavy atom. The Bertz CT molecular complexity index is 676. The topological polar surface area (TPSA) is 51.3 Å². The predicted molar refractivity (Wildman–Crippen MR) is 67.1 cm³/mol. The molecule has 0 fully saturated rings. The number of hydrogen-bond acceptors (Lipinski definition) is 3. The molecule has 0 bridgehead atoms. The first kappa shape index (κ1) is 12.2. The number of pyridine rings is 1. The molecule has 0 amide bonds. The summed E-state index contributed by atoms with van der Waals surface area (Å²) >= 11 is 0. The molecule has 0 unspecified atom stereocenters. The van der Waals surface area contributed by atoms with Crippen LogP contribution in [0.4, 0.5) is 4.39 Å². The van der Waals surface area contributed by atoms with Gasteiger partial charge in [-0.25, -0.2) is 4.39 Å². The van der Waals surface area contributed by atoms with E-state index >= 15 is 0 Å². The Morgan fingerprint density at radius 3 is 2.72 bits per heavy atom. The highest BCUT2D eigenvalue weighted by Gasteiger charge is 2.12. The summed E-state index contributed by atoms with van der Waals surface area (Å²) in [5, 5.41) is 0.251. The summed E-state index contributed by atoms with van der Waals surface area (Å²) in [6.45, 7) is 3.62. The number of methoxy groups -OCH3 is 2. The second-order valence-corrected chi connectivity index (χ2v) is 3.68. The van der Waals surface area contributed by atoms with E-state index in [0.717, 1.165) is 0 Å². The summed E-state index contributed by atoms with van der Waals surface area (Å²) in [4.78, 5) is 14.6. The van der Waals surface area contributed by atoms with E-state index < -0.39 is 5.82 Å². The zero-order valence-corrected chi connectivity index (χ0v) is 10.0. The van der Waals surface area contributed by atoms with Gasteiger partial charge < -0.3 is 14.5 Å². The van der Waals surface area contributed by atoms with E-state index in [1.54, 1.807) is 0 Å². The Morgan fingerprint density at radius 1 is 1.39 bits per heavy atom. The van der Waals surface area contributed by atoms with Crippen LogP contribution in [0.3, 0.4) is 0 Å². The van der Waals surface area contributed by atoms with Crippen molar-refractivity contribution in [1.29, 1.82) is 0 Å². The van der Waals surface area contributed by atoms with Crippen LogP contribution in [0.5, 0.6) is 5.75 Å². The number of aromatic nitrogens is 1. The van der Waals surface area contributed by atoms with Gasteiger partial charge in [0, 0.05) is 11.5 Å². The van der Waals surface area contributed by atoms with Gasteiger partial charge in [0.1, 0.15) is 5.76 Å². The Balaban J connectivity index is 2.80. The lowest BCUT2D eigenvalue weighted by molar-refractivity contribution is 0.369. The van der Waals surface area contributed by atoms with Crippen molar-refractivity contribution in [2.75, 3.05) is 14.2 Å². The predicted octanol–water partition coefficient (Wildman–Crippen LogP) is 2.29. The largest absolute Gasteiger partial charge is 0.495 e. The number of ether oxygens (including phenoxy) is 2. The Labute approximate surface area is 103 Å². The van der Waals surface area contributed by atoms with Crippen molar-refractivity contribution in [2.45, 2.75) is 0 Å². The lowest BCUT2D eigenvalue weighted by Gasteiger charge is -2.08. The molecule has 1 aromatic heterocycles. The summed E-state index contributed by atoms with van der Waals surface area (Å²) in [6.07, 6.45) is 0. The second kappa shape index (κ2) is 4.52. The molecule has 2 aromatic rings. The van der Waals surface area contributed by atoms with Crippen LogP contribution < -0.4 is 10.2 Å². The minimum atomic E-state index is -0.613. The van der Waals surface area contributed by atoms with Crippen molar-refractivity contribution in [3.05, 3.63) is 46.5 Å². The number of rotatable bonds is 3. The van der Waals surface area contributed by atoms with Gasteiger partial charge in [0.2, 0.25) is 0 Å². The number of benzene rings is 1. The third kappa shape index (κ3) is 1.84. The highest BCUT2D eigenvalue weighted by Crippen LogP contribution is 2.24. The highest BCUT2D eigenvalue weighted by atomic mass is 19.1. The van der Waals surface area contributed by atoms with Crippen LogP contribution in [0.2, 0.25) is 0 Å². The number of hydrogen-bond donors (Lipinski definition) is 1. The molecule has 0 aliphatic carbocycles. The summed E-state index contributed by atoms with van der Waals surface area (Å²) in [7, 11) is 2.78. The summed E-state index contributed by atoms with van der Waals surface area (Å²) in [6, 6.07) is 4.24. The number of nitrogens with one attached hydrogen (secondary N) is 1. The average Bonchev–Trinajstić information content (AvgIpc) is 2.38. The molecule has 0 saturated carbocycles. The van der Waals surface area contributed by atoms with E-state index in [0.29, 0.717) is 5.69 Å². The average molecular weight is 249 g/mol. The summed E-state index contributed by atoms with van der Waals surface area (Å²) < 4.78 is 23.8. The summed E-state index contributed by atoms with van der Waals surface area (Å²) in [5.41, 5.74) is 0.107. The van der Waals surface area contributed by atoms with Crippen molar-refractivity contribution in [1.82, 2.24) is 4.98 Å². The normalized spacial score (nSPS) is 10.4. The third-order valence-corrected chi connectivity index (χ3v) is 2.67. The van der Waals surface area contributed by atoms with Crippen LogP contribution in [-0.2, 0) is 4.74 Å². The quantitative estimate of drug-likeness (QED) is 0.849. The molecule has 2 rings (SSSR count). The van der Waals surface area contributed by atoms with Gasteiger partial charge in [0.25, 0.3) is 0 Å². The minimum absolute atomic E-state index is 0.0679. The fourth-order valence-corrected chi connectivity index (χ4v) is 1.68. The fourth-order valence-electron chi connectivity index (χ4n) is 1.68. The van der Waals surface area contributed by atoms with Gasteiger partial charge in [-0.15, -0.1) is 0 Å². The molecule has 0 aliphatic rings. The van der Waals surface area contributed by atoms with Gasteiger partial charge in [-0.1, -0.05) is 6.58 Å². The van der Waals surface area contributed by atoms with Gasteiger partial charge in [-0.3, -0.25) is 4.79 Å². The molecule has 4 nitrogen and oxygen atoms in total. The van der Waals surface area contributed by atoms with Crippen LogP contribution in [0.25, 0.3) is 16.7 Å². The van der Waals surface area contributed by atoms with Crippen LogP contribution in [0.1, 0.15) is 5.69 Å². The molecule has 5 heteroatoms. The van der Waals surface area contributed by atoms with Crippen molar-refractivity contribution in [2.24, 2.45) is 0 Å². The lowest BCUT2D eigenvalue weighted by atomic mass is 10.1. The molecular formula is C13H12FNO3. The molecule has 18 heavy (non-hydrogen) atoms. The third-order valence-electron chi connectivity index (χ3n) is 2.67. The molecule has 0 aliphatic heterocycles. The van der Waals surface area contributed by atoms with Crippen LogP contribution in [-0.4, -0.2) is 19.2 Å². The van der Waals surface area contributed by atoms with E-state index in [2.05, 4.69) is 11.6 Å². The first-order chi connectivity index (χ1) is 8.58. The maximum Gasteiger partial charge on any atom is 0.190 e. The van der Waals surface area contributed by atoms with Crippen LogP contribution in [0.15, 0.2) is 29.6 Å². The number of aromatic amines is 1. The molecule has 1 heterocycles. The van der Waals surface area contributed by atoms with Gasteiger partial charge in [0.15, 0.2) is 17.0 Å². The smallest absolute Gasteiger partial charge is 0.190 e. The van der Waals surface area contributed by atoms with Gasteiger partial charge >= 0.3 is 0 Å². The monoisotopic (exact) mass is 249 g/mol. The standard InChI is InChI=1S/C13H12FNO3/c1-7(17-2)9-6-10(16)8-4-5-11(18-3)12(14)13(8)15-9/h4-6H,1H2,2-3H3,(H,15,16).